The van der Waals surface area contributed by atoms with Crippen LogP contribution >= 0.6 is 15.9 Å². The van der Waals surface area contributed by atoms with Crippen LogP contribution in [0, 0.1) is 0 Å². The highest BCUT2D eigenvalue weighted by molar-refractivity contribution is 9.10. The summed E-state index contributed by atoms with van der Waals surface area (Å²) >= 11 is 3.39. The molecule has 0 radical (unpaired) electrons. The Balaban J connectivity index is 1.24. The predicted molar refractivity (Wildman–Crippen MR) is 142 cm³/mol. The maximum Gasteiger partial charge on any atom is 0.252 e. The van der Waals surface area contributed by atoms with Crippen molar-refractivity contribution < 1.29 is 9.59 Å². The molecule has 0 atom stereocenters. The van der Waals surface area contributed by atoms with Gasteiger partial charge >= 0.3 is 0 Å². The van der Waals surface area contributed by atoms with Gasteiger partial charge in [0.25, 0.3) is 5.91 Å². The second kappa shape index (κ2) is 11.6. The van der Waals surface area contributed by atoms with Crippen LogP contribution in [0.4, 0.5) is 0 Å². The zero-order valence-corrected chi connectivity index (χ0v) is 20.3. The van der Waals surface area contributed by atoms with Gasteiger partial charge in [0.15, 0.2) is 0 Å². The molecule has 0 spiro atoms. The van der Waals surface area contributed by atoms with Crippen molar-refractivity contribution in [3.8, 4) is 0 Å². The number of halogens is 1. The number of benzene rings is 4. The van der Waals surface area contributed by atoms with Crippen molar-refractivity contribution in [2.24, 2.45) is 5.10 Å². The van der Waals surface area contributed by atoms with E-state index in [9.17, 15) is 9.59 Å². The third-order valence-corrected chi connectivity index (χ3v) is 6.37. The molecule has 0 saturated carbocycles. The molecular weight excluding hydrogens is 490 g/mol. The Hall–Kier alpha value is -3.51. The van der Waals surface area contributed by atoms with Gasteiger partial charge in [0.05, 0.1) is 11.8 Å². The second-order valence-electron chi connectivity index (χ2n) is 8.07. The lowest BCUT2D eigenvalue weighted by Gasteiger charge is -2.08. The van der Waals surface area contributed by atoms with Crippen LogP contribution in [0.2, 0.25) is 0 Å². The van der Waals surface area contributed by atoms with Crippen molar-refractivity contribution in [1.29, 1.82) is 0 Å². The molecule has 2 N–H and O–H groups in total. The average molecular weight is 516 g/mol. The summed E-state index contributed by atoms with van der Waals surface area (Å²) in [6, 6.07) is 25.9. The van der Waals surface area contributed by atoms with Crippen molar-refractivity contribution in [3.63, 3.8) is 0 Å². The number of hydrogen-bond donors (Lipinski definition) is 2. The van der Waals surface area contributed by atoms with Gasteiger partial charge in [0, 0.05) is 23.0 Å². The number of amides is 2. The molecule has 172 valence electrons. The fraction of sp³-hybridized carbons (Fsp3) is 0.179. The number of hydrogen-bond acceptors (Lipinski definition) is 3. The highest BCUT2D eigenvalue weighted by Gasteiger charge is 2.08. The molecule has 4 aromatic rings. The molecule has 5 nitrogen and oxygen atoms in total. The van der Waals surface area contributed by atoms with Crippen LogP contribution in [-0.2, 0) is 4.79 Å². The number of unbranched alkanes of at least 4 members (excludes halogenated alkanes) is 2. The first kappa shape index (κ1) is 23.6. The summed E-state index contributed by atoms with van der Waals surface area (Å²) in [5.41, 5.74) is 4.27. The maximum absolute atomic E-state index is 12.2. The standard InChI is InChI=1S/C28H26BrN3O2/c29-26-15-8-7-14-24(26)28(34)30-17-9-1-2-16-27(33)32-31-19-25-22-12-5-3-10-20(22)18-21-11-4-6-13-23(21)25/h3-8,10-15,18-19H,1-2,9,16-17H2,(H,30,34)(H,32,33)/b31-19-. The van der Waals surface area contributed by atoms with Crippen LogP contribution in [0.5, 0.6) is 0 Å². The van der Waals surface area contributed by atoms with Crippen LogP contribution in [0.1, 0.15) is 41.6 Å². The summed E-state index contributed by atoms with van der Waals surface area (Å²) in [4.78, 5) is 24.4. The molecule has 2 amide bonds. The van der Waals surface area contributed by atoms with E-state index in [1.165, 1.54) is 0 Å². The van der Waals surface area contributed by atoms with Gasteiger partial charge in [-0.3, -0.25) is 9.59 Å². The van der Waals surface area contributed by atoms with E-state index < -0.39 is 0 Å². The van der Waals surface area contributed by atoms with E-state index in [1.807, 2.05) is 42.5 Å². The van der Waals surface area contributed by atoms with E-state index in [0.29, 0.717) is 18.5 Å². The van der Waals surface area contributed by atoms with E-state index >= 15 is 0 Å². The molecule has 0 bridgehead atoms. The second-order valence-corrected chi connectivity index (χ2v) is 8.93. The molecule has 34 heavy (non-hydrogen) atoms. The van der Waals surface area contributed by atoms with Crippen LogP contribution in [0.15, 0.2) is 88.4 Å². The molecule has 0 aliphatic rings. The highest BCUT2D eigenvalue weighted by atomic mass is 79.9. The highest BCUT2D eigenvalue weighted by Crippen LogP contribution is 2.27. The SMILES string of the molecule is O=C(CCCCCNC(=O)c1ccccc1Br)N/N=C\c1c2ccccc2cc2ccccc12. The number of hydrazone groups is 1. The Morgan fingerprint density at radius 2 is 1.47 bits per heavy atom. The fourth-order valence-corrected chi connectivity index (χ4v) is 4.41. The molecule has 4 aromatic carbocycles. The van der Waals surface area contributed by atoms with Crippen molar-refractivity contribution >= 4 is 55.5 Å². The van der Waals surface area contributed by atoms with Crippen molar-refractivity contribution in [2.75, 3.05) is 6.54 Å². The van der Waals surface area contributed by atoms with Gasteiger partial charge in [-0.05, 0) is 68.5 Å². The minimum atomic E-state index is -0.113. The largest absolute Gasteiger partial charge is 0.352 e. The number of carbonyl (C=O) groups excluding carboxylic acids is 2. The van der Waals surface area contributed by atoms with E-state index in [2.05, 4.69) is 62.1 Å². The molecule has 0 aromatic heterocycles. The molecule has 0 fully saturated rings. The van der Waals surface area contributed by atoms with E-state index in [4.69, 9.17) is 0 Å². The molecule has 0 heterocycles. The van der Waals surface area contributed by atoms with Crippen molar-refractivity contribution in [3.05, 3.63) is 94.5 Å². The van der Waals surface area contributed by atoms with Gasteiger partial charge in [-0.1, -0.05) is 67.1 Å². The number of carbonyl (C=O) groups is 2. The summed E-state index contributed by atoms with van der Waals surface area (Å²) in [6.07, 6.45) is 4.53. The van der Waals surface area contributed by atoms with Crippen molar-refractivity contribution in [2.45, 2.75) is 25.7 Å². The number of rotatable bonds is 9. The monoisotopic (exact) mass is 515 g/mol. The number of nitrogens with zero attached hydrogens (tertiary/aromatic N) is 1. The molecule has 0 aliphatic heterocycles. The Kier molecular flexibility index (Phi) is 8.04. The normalized spacial score (nSPS) is 11.2. The lowest BCUT2D eigenvalue weighted by molar-refractivity contribution is -0.121. The summed E-state index contributed by atoms with van der Waals surface area (Å²) in [6.45, 7) is 0.577. The third-order valence-electron chi connectivity index (χ3n) is 5.68. The minimum Gasteiger partial charge on any atom is -0.352 e. The lowest BCUT2D eigenvalue weighted by atomic mass is 9.97. The van der Waals surface area contributed by atoms with Gasteiger partial charge in [-0.2, -0.15) is 5.10 Å². The first-order valence-corrected chi connectivity index (χ1v) is 12.2. The zero-order valence-electron chi connectivity index (χ0n) is 18.8. The molecule has 6 heteroatoms. The first-order valence-electron chi connectivity index (χ1n) is 11.4. The Bertz CT molecular complexity index is 1300. The minimum absolute atomic E-state index is 0.0967. The Morgan fingerprint density at radius 3 is 2.18 bits per heavy atom. The van der Waals surface area contributed by atoms with E-state index in [0.717, 1.165) is 50.8 Å². The van der Waals surface area contributed by atoms with Gasteiger partial charge < -0.3 is 5.32 Å². The summed E-state index contributed by atoms with van der Waals surface area (Å²) in [5, 5.41) is 11.6. The third kappa shape index (κ3) is 5.88. The molecule has 0 aliphatic carbocycles. The van der Waals surface area contributed by atoms with Crippen LogP contribution in [-0.4, -0.2) is 24.6 Å². The van der Waals surface area contributed by atoms with E-state index in [-0.39, 0.29) is 11.8 Å². The maximum atomic E-state index is 12.2. The van der Waals surface area contributed by atoms with Gasteiger partial charge in [-0.15, -0.1) is 0 Å². The first-order chi connectivity index (χ1) is 16.6. The summed E-state index contributed by atoms with van der Waals surface area (Å²) in [5.74, 6) is -0.210. The molecule has 0 unspecified atom stereocenters. The fourth-order valence-electron chi connectivity index (χ4n) is 3.94. The van der Waals surface area contributed by atoms with E-state index in [1.54, 1.807) is 12.3 Å². The summed E-state index contributed by atoms with van der Waals surface area (Å²) < 4.78 is 0.779. The van der Waals surface area contributed by atoms with Crippen LogP contribution in [0.3, 0.4) is 0 Å². The quantitative estimate of drug-likeness (QED) is 0.120. The van der Waals surface area contributed by atoms with Crippen molar-refractivity contribution in [1.82, 2.24) is 10.7 Å². The molecule has 4 rings (SSSR count). The number of fused-ring (bicyclic) bond motifs is 2. The topological polar surface area (TPSA) is 70.6 Å². The smallest absolute Gasteiger partial charge is 0.252 e. The Labute approximate surface area is 207 Å². The van der Waals surface area contributed by atoms with Crippen LogP contribution in [0.25, 0.3) is 21.5 Å². The summed E-state index contributed by atoms with van der Waals surface area (Å²) in [7, 11) is 0. The molecular formula is C28H26BrN3O2. The molecule has 0 saturated heterocycles. The lowest BCUT2D eigenvalue weighted by Crippen LogP contribution is -2.24. The zero-order chi connectivity index (χ0) is 23.8. The van der Waals surface area contributed by atoms with Gasteiger partial charge in [0.1, 0.15) is 0 Å². The average Bonchev–Trinajstić information content (AvgIpc) is 2.85. The Morgan fingerprint density at radius 1 is 0.824 bits per heavy atom. The number of nitrogens with one attached hydrogen (secondary N) is 2. The van der Waals surface area contributed by atoms with Crippen LogP contribution < -0.4 is 10.7 Å². The van der Waals surface area contributed by atoms with Gasteiger partial charge in [0.2, 0.25) is 5.91 Å². The predicted octanol–water partition coefficient (Wildman–Crippen LogP) is 6.20. The van der Waals surface area contributed by atoms with Gasteiger partial charge in [-0.25, -0.2) is 5.43 Å².